The van der Waals surface area contributed by atoms with E-state index in [1.807, 2.05) is 0 Å². The standard InChI is InChI=1S/C18H29N/c1-5-6-7-15-14(2)10-13-19-17-9-12-18(3,4)11-8-16(15)17/h8-9,11-12,14-15,19H,5-7,10,13H2,1-4H3. The highest BCUT2D eigenvalue weighted by Gasteiger charge is 2.26. The van der Waals surface area contributed by atoms with Gasteiger partial charge >= 0.3 is 0 Å². The van der Waals surface area contributed by atoms with E-state index in [2.05, 4.69) is 57.3 Å². The fourth-order valence-corrected chi connectivity index (χ4v) is 3.13. The number of allylic oxidation sites excluding steroid dienone is 5. The van der Waals surface area contributed by atoms with E-state index >= 15 is 0 Å². The molecule has 2 atom stereocenters. The fourth-order valence-electron chi connectivity index (χ4n) is 3.13. The van der Waals surface area contributed by atoms with Crippen LogP contribution in [0.4, 0.5) is 0 Å². The molecule has 1 aliphatic carbocycles. The second-order valence-corrected chi connectivity index (χ2v) is 6.80. The molecule has 0 saturated carbocycles. The van der Waals surface area contributed by atoms with Crippen LogP contribution in [0.25, 0.3) is 0 Å². The molecule has 2 rings (SSSR count). The smallest absolute Gasteiger partial charge is 0.0372 e. The molecule has 0 amide bonds. The van der Waals surface area contributed by atoms with Gasteiger partial charge in [-0.15, -0.1) is 0 Å². The van der Waals surface area contributed by atoms with Crippen LogP contribution >= 0.6 is 0 Å². The summed E-state index contributed by atoms with van der Waals surface area (Å²) in [7, 11) is 0. The van der Waals surface area contributed by atoms with Crippen molar-refractivity contribution in [1.29, 1.82) is 0 Å². The van der Waals surface area contributed by atoms with Crippen LogP contribution in [0.2, 0.25) is 0 Å². The van der Waals surface area contributed by atoms with E-state index in [1.165, 1.54) is 31.4 Å². The molecule has 0 fully saturated rings. The average Bonchev–Trinajstić information content (AvgIpc) is 2.60. The third-order valence-corrected chi connectivity index (χ3v) is 4.55. The quantitative estimate of drug-likeness (QED) is 0.765. The second-order valence-electron chi connectivity index (χ2n) is 6.80. The van der Waals surface area contributed by atoms with E-state index in [0.29, 0.717) is 0 Å². The fraction of sp³-hybridized carbons (Fsp3) is 0.667. The van der Waals surface area contributed by atoms with Crippen molar-refractivity contribution >= 4 is 0 Å². The van der Waals surface area contributed by atoms with Gasteiger partial charge in [-0.2, -0.15) is 0 Å². The Kier molecular flexibility index (Phi) is 4.54. The molecular formula is C18H29N. The summed E-state index contributed by atoms with van der Waals surface area (Å²) in [4.78, 5) is 0. The maximum atomic E-state index is 3.64. The highest BCUT2D eigenvalue weighted by Crippen LogP contribution is 2.36. The molecule has 1 N–H and O–H groups in total. The van der Waals surface area contributed by atoms with Crippen molar-refractivity contribution < 1.29 is 0 Å². The van der Waals surface area contributed by atoms with Crippen molar-refractivity contribution in [1.82, 2.24) is 5.32 Å². The summed E-state index contributed by atoms with van der Waals surface area (Å²) in [6.45, 7) is 10.4. The van der Waals surface area contributed by atoms with E-state index in [9.17, 15) is 0 Å². The van der Waals surface area contributed by atoms with Crippen molar-refractivity contribution in [3.63, 3.8) is 0 Å². The van der Waals surface area contributed by atoms with Gasteiger partial charge in [0.25, 0.3) is 0 Å². The van der Waals surface area contributed by atoms with Crippen LogP contribution < -0.4 is 5.32 Å². The van der Waals surface area contributed by atoms with Gasteiger partial charge in [0.1, 0.15) is 0 Å². The highest BCUT2D eigenvalue weighted by molar-refractivity contribution is 5.39. The minimum Gasteiger partial charge on any atom is -0.385 e. The molecule has 0 bridgehead atoms. The molecule has 0 aromatic heterocycles. The highest BCUT2D eigenvalue weighted by atomic mass is 14.9. The Balaban J connectivity index is 2.31. The number of nitrogens with one attached hydrogen (secondary N) is 1. The lowest BCUT2D eigenvalue weighted by Crippen LogP contribution is -2.14. The summed E-state index contributed by atoms with van der Waals surface area (Å²) in [5.74, 6) is 1.51. The van der Waals surface area contributed by atoms with Crippen molar-refractivity contribution in [2.75, 3.05) is 6.54 Å². The van der Waals surface area contributed by atoms with Crippen LogP contribution in [0.1, 0.15) is 53.4 Å². The lowest BCUT2D eigenvalue weighted by Gasteiger charge is -2.23. The molecule has 1 aliphatic heterocycles. The van der Waals surface area contributed by atoms with Gasteiger partial charge in [-0.05, 0) is 36.3 Å². The van der Waals surface area contributed by atoms with Crippen LogP contribution in [0.5, 0.6) is 0 Å². The third kappa shape index (κ3) is 3.52. The van der Waals surface area contributed by atoms with E-state index in [1.54, 1.807) is 5.57 Å². The first-order chi connectivity index (χ1) is 9.03. The molecular weight excluding hydrogens is 230 g/mol. The van der Waals surface area contributed by atoms with E-state index in [4.69, 9.17) is 0 Å². The minimum absolute atomic E-state index is 0.173. The number of hydrogen-bond donors (Lipinski definition) is 1. The predicted octanol–water partition coefficient (Wildman–Crippen LogP) is 4.83. The Morgan fingerprint density at radius 3 is 2.74 bits per heavy atom. The number of unbranched alkanes of at least 4 members (excludes halogenated alkanes) is 1. The van der Waals surface area contributed by atoms with Gasteiger partial charge in [0, 0.05) is 17.7 Å². The van der Waals surface area contributed by atoms with Gasteiger partial charge in [0.15, 0.2) is 0 Å². The molecule has 1 heterocycles. The summed E-state index contributed by atoms with van der Waals surface area (Å²) in [5, 5.41) is 3.64. The second kappa shape index (κ2) is 5.98. The molecule has 19 heavy (non-hydrogen) atoms. The summed E-state index contributed by atoms with van der Waals surface area (Å²) in [6.07, 6.45) is 14.6. The number of rotatable bonds is 3. The summed E-state index contributed by atoms with van der Waals surface area (Å²) < 4.78 is 0. The molecule has 0 saturated heterocycles. The van der Waals surface area contributed by atoms with Gasteiger partial charge in [0.05, 0.1) is 0 Å². The van der Waals surface area contributed by atoms with Gasteiger partial charge in [-0.25, -0.2) is 0 Å². The molecule has 0 radical (unpaired) electrons. The Bertz CT molecular complexity index is 398. The van der Waals surface area contributed by atoms with Crippen molar-refractivity contribution in [3.05, 3.63) is 35.6 Å². The first kappa shape index (κ1) is 14.4. The molecule has 1 nitrogen and oxygen atoms in total. The molecule has 0 aromatic carbocycles. The van der Waals surface area contributed by atoms with E-state index in [0.717, 1.165) is 18.4 Å². The Labute approximate surface area is 118 Å². The monoisotopic (exact) mass is 259 g/mol. The molecule has 2 aliphatic rings. The van der Waals surface area contributed by atoms with Gasteiger partial charge in [-0.1, -0.05) is 58.8 Å². The lowest BCUT2D eigenvalue weighted by molar-refractivity contribution is 0.369. The van der Waals surface area contributed by atoms with Crippen LogP contribution in [0, 0.1) is 17.3 Å². The maximum absolute atomic E-state index is 3.64. The van der Waals surface area contributed by atoms with Gasteiger partial charge in [-0.3, -0.25) is 0 Å². The molecule has 0 spiro atoms. The zero-order chi connectivity index (χ0) is 13.9. The first-order valence-electron chi connectivity index (χ1n) is 7.90. The van der Waals surface area contributed by atoms with Crippen LogP contribution in [-0.2, 0) is 0 Å². The molecule has 0 aromatic rings. The SMILES string of the molecule is CCCCC1C2=C(C=CC(C)(C)C=C2)NCCC1C. The zero-order valence-corrected chi connectivity index (χ0v) is 13.0. The van der Waals surface area contributed by atoms with Gasteiger partial charge in [0.2, 0.25) is 0 Å². The first-order valence-corrected chi connectivity index (χ1v) is 7.90. The van der Waals surface area contributed by atoms with Crippen molar-refractivity contribution in [2.24, 2.45) is 17.3 Å². The Morgan fingerprint density at radius 1 is 1.26 bits per heavy atom. The summed E-state index contributed by atoms with van der Waals surface area (Å²) in [5.41, 5.74) is 3.08. The summed E-state index contributed by atoms with van der Waals surface area (Å²) >= 11 is 0. The Hall–Kier alpha value is -0.980. The molecule has 2 unspecified atom stereocenters. The van der Waals surface area contributed by atoms with Crippen LogP contribution in [-0.4, -0.2) is 6.54 Å². The van der Waals surface area contributed by atoms with E-state index in [-0.39, 0.29) is 5.41 Å². The largest absolute Gasteiger partial charge is 0.385 e. The zero-order valence-electron chi connectivity index (χ0n) is 13.0. The van der Waals surface area contributed by atoms with Crippen molar-refractivity contribution in [3.8, 4) is 0 Å². The normalized spacial score (nSPS) is 29.5. The number of hydrogen-bond acceptors (Lipinski definition) is 1. The lowest BCUT2D eigenvalue weighted by atomic mass is 9.81. The Morgan fingerprint density at radius 2 is 2.00 bits per heavy atom. The van der Waals surface area contributed by atoms with E-state index < -0.39 is 0 Å². The third-order valence-electron chi connectivity index (χ3n) is 4.55. The summed E-state index contributed by atoms with van der Waals surface area (Å²) in [6, 6.07) is 0. The molecule has 1 heteroatoms. The van der Waals surface area contributed by atoms with Crippen molar-refractivity contribution in [2.45, 2.75) is 53.4 Å². The van der Waals surface area contributed by atoms with Crippen LogP contribution in [0.15, 0.2) is 35.6 Å². The maximum Gasteiger partial charge on any atom is 0.0372 e. The van der Waals surface area contributed by atoms with Gasteiger partial charge < -0.3 is 5.32 Å². The minimum atomic E-state index is 0.173. The predicted molar refractivity (Wildman–Crippen MR) is 83.9 cm³/mol. The van der Waals surface area contributed by atoms with Crippen LogP contribution in [0.3, 0.4) is 0 Å². The molecule has 106 valence electrons. The average molecular weight is 259 g/mol. The topological polar surface area (TPSA) is 12.0 Å².